The van der Waals surface area contributed by atoms with Gasteiger partial charge in [-0.05, 0) is 35.6 Å². The number of carbonyl (C=O) groups is 3. The molecule has 6 heteroatoms. The Kier molecular flexibility index (Phi) is 6.09. The molecule has 1 aliphatic heterocycles. The molecule has 0 unspecified atom stereocenters. The van der Waals surface area contributed by atoms with Crippen LogP contribution in [0.4, 0.5) is 4.79 Å². The number of nitrogens with zero attached hydrogens (tertiary/aromatic N) is 1. The van der Waals surface area contributed by atoms with Gasteiger partial charge >= 0.3 is 6.03 Å². The van der Waals surface area contributed by atoms with Crippen LogP contribution in [0.25, 0.3) is 0 Å². The van der Waals surface area contributed by atoms with E-state index in [2.05, 4.69) is 24.5 Å². The van der Waals surface area contributed by atoms with E-state index in [1.807, 2.05) is 30.3 Å². The van der Waals surface area contributed by atoms with Crippen LogP contribution in [0.2, 0.25) is 0 Å². The van der Waals surface area contributed by atoms with Crippen LogP contribution < -0.4 is 10.6 Å². The lowest BCUT2D eigenvalue weighted by atomic mass is 9.96. The van der Waals surface area contributed by atoms with E-state index in [1.54, 1.807) is 24.3 Å². The summed E-state index contributed by atoms with van der Waals surface area (Å²) < 4.78 is 0. The Labute approximate surface area is 164 Å². The molecule has 0 aliphatic carbocycles. The molecule has 1 aliphatic rings. The van der Waals surface area contributed by atoms with Gasteiger partial charge in [0.05, 0.1) is 19.1 Å². The standard InChI is InChI=1S/C22H25N3O3/c1-15(2)11-19(17-8-4-3-5-9-17)24-21(27)18-10-6-7-16(12-18)14-25-20(26)13-23-22(25)28/h3-10,12,15,19H,11,13-14H2,1-2H3,(H,23,28)(H,24,27)/t19-/m0/s1. The SMILES string of the molecule is CC(C)C[C@H](NC(=O)c1cccc(CN2C(=O)CNC2=O)c1)c1ccccc1. The summed E-state index contributed by atoms with van der Waals surface area (Å²) in [5.41, 5.74) is 2.31. The van der Waals surface area contributed by atoms with Crippen molar-refractivity contribution in [3.63, 3.8) is 0 Å². The monoisotopic (exact) mass is 379 g/mol. The lowest BCUT2D eigenvalue weighted by Crippen LogP contribution is -2.31. The van der Waals surface area contributed by atoms with Gasteiger partial charge in [0.25, 0.3) is 5.91 Å². The van der Waals surface area contributed by atoms with E-state index in [1.165, 1.54) is 0 Å². The van der Waals surface area contributed by atoms with E-state index in [0.717, 1.165) is 22.4 Å². The first kappa shape index (κ1) is 19.6. The van der Waals surface area contributed by atoms with Gasteiger partial charge < -0.3 is 10.6 Å². The molecule has 2 aromatic rings. The minimum absolute atomic E-state index is 0.0208. The van der Waals surface area contributed by atoms with Gasteiger partial charge in [0.15, 0.2) is 0 Å². The maximum Gasteiger partial charge on any atom is 0.324 e. The molecule has 1 saturated heterocycles. The molecule has 0 radical (unpaired) electrons. The average molecular weight is 379 g/mol. The number of nitrogens with one attached hydrogen (secondary N) is 2. The zero-order chi connectivity index (χ0) is 20.1. The highest BCUT2D eigenvalue weighted by Crippen LogP contribution is 2.22. The van der Waals surface area contributed by atoms with Crippen LogP contribution in [-0.4, -0.2) is 29.3 Å². The third kappa shape index (κ3) is 4.76. The Morgan fingerprint density at radius 2 is 1.86 bits per heavy atom. The van der Waals surface area contributed by atoms with Gasteiger partial charge in [0.2, 0.25) is 5.91 Å². The fourth-order valence-corrected chi connectivity index (χ4v) is 3.29. The van der Waals surface area contributed by atoms with Crippen molar-refractivity contribution in [1.29, 1.82) is 0 Å². The van der Waals surface area contributed by atoms with E-state index in [9.17, 15) is 14.4 Å². The number of carbonyl (C=O) groups excluding carboxylic acids is 3. The molecular weight excluding hydrogens is 354 g/mol. The highest BCUT2D eigenvalue weighted by molar-refractivity contribution is 6.02. The Bertz CT molecular complexity index is 848. The summed E-state index contributed by atoms with van der Waals surface area (Å²) in [4.78, 5) is 37.5. The summed E-state index contributed by atoms with van der Waals surface area (Å²) in [6.45, 7) is 4.43. The summed E-state index contributed by atoms with van der Waals surface area (Å²) in [7, 11) is 0. The highest BCUT2D eigenvalue weighted by atomic mass is 16.2. The van der Waals surface area contributed by atoms with Gasteiger partial charge in [0.1, 0.15) is 0 Å². The number of amides is 4. The molecule has 6 nitrogen and oxygen atoms in total. The van der Waals surface area contributed by atoms with E-state index < -0.39 is 6.03 Å². The van der Waals surface area contributed by atoms with Crippen molar-refractivity contribution in [2.75, 3.05) is 6.54 Å². The lowest BCUT2D eigenvalue weighted by Gasteiger charge is -2.21. The second-order valence-electron chi connectivity index (χ2n) is 7.41. The largest absolute Gasteiger partial charge is 0.345 e. The third-order valence-corrected chi connectivity index (χ3v) is 4.68. The molecule has 2 N–H and O–H groups in total. The van der Waals surface area contributed by atoms with Crippen molar-refractivity contribution >= 4 is 17.8 Å². The number of hydrogen-bond donors (Lipinski definition) is 2. The molecule has 2 aromatic carbocycles. The van der Waals surface area contributed by atoms with Gasteiger partial charge in [-0.2, -0.15) is 0 Å². The Morgan fingerprint density at radius 3 is 2.50 bits per heavy atom. The number of rotatable bonds is 7. The summed E-state index contributed by atoms with van der Waals surface area (Å²) in [6.07, 6.45) is 0.831. The third-order valence-electron chi connectivity index (χ3n) is 4.68. The first-order valence-electron chi connectivity index (χ1n) is 9.47. The molecule has 0 aromatic heterocycles. The van der Waals surface area contributed by atoms with E-state index in [-0.39, 0.29) is 30.9 Å². The molecule has 1 atom stereocenters. The molecule has 1 fully saturated rings. The lowest BCUT2D eigenvalue weighted by molar-refractivity contribution is -0.125. The van der Waals surface area contributed by atoms with Crippen molar-refractivity contribution in [3.8, 4) is 0 Å². The van der Waals surface area contributed by atoms with Crippen LogP contribution in [0, 0.1) is 5.92 Å². The summed E-state index contributed by atoms with van der Waals surface area (Å²) in [5, 5.41) is 5.62. The van der Waals surface area contributed by atoms with E-state index >= 15 is 0 Å². The zero-order valence-corrected chi connectivity index (χ0v) is 16.1. The van der Waals surface area contributed by atoms with Gasteiger partial charge in [-0.25, -0.2) is 4.79 Å². The molecule has 0 saturated carbocycles. The number of imide groups is 1. The minimum Gasteiger partial charge on any atom is -0.345 e. The van der Waals surface area contributed by atoms with Crippen molar-refractivity contribution in [2.45, 2.75) is 32.9 Å². The number of urea groups is 1. The zero-order valence-electron chi connectivity index (χ0n) is 16.1. The van der Waals surface area contributed by atoms with Crippen molar-refractivity contribution < 1.29 is 14.4 Å². The van der Waals surface area contributed by atoms with E-state index in [0.29, 0.717) is 11.5 Å². The Balaban J connectivity index is 1.74. The molecular formula is C22H25N3O3. The molecule has 1 heterocycles. The van der Waals surface area contributed by atoms with Gasteiger partial charge in [-0.3, -0.25) is 14.5 Å². The minimum atomic E-state index is -0.402. The molecule has 4 amide bonds. The Morgan fingerprint density at radius 1 is 1.11 bits per heavy atom. The van der Waals surface area contributed by atoms with E-state index in [4.69, 9.17) is 0 Å². The van der Waals surface area contributed by atoms with Crippen LogP contribution in [0.1, 0.15) is 47.8 Å². The topological polar surface area (TPSA) is 78.5 Å². The second-order valence-corrected chi connectivity index (χ2v) is 7.41. The van der Waals surface area contributed by atoms with Gasteiger partial charge in [0, 0.05) is 5.56 Å². The molecule has 3 rings (SSSR count). The quantitative estimate of drug-likeness (QED) is 0.725. The highest BCUT2D eigenvalue weighted by Gasteiger charge is 2.28. The van der Waals surface area contributed by atoms with Crippen LogP contribution in [0.15, 0.2) is 54.6 Å². The Hall–Kier alpha value is -3.15. The second kappa shape index (κ2) is 8.69. The fraction of sp³-hybridized carbons (Fsp3) is 0.318. The van der Waals surface area contributed by atoms with Crippen molar-refractivity contribution in [2.24, 2.45) is 5.92 Å². The molecule has 146 valence electrons. The van der Waals surface area contributed by atoms with Crippen molar-refractivity contribution in [1.82, 2.24) is 15.5 Å². The fourth-order valence-electron chi connectivity index (χ4n) is 3.29. The summed E-state index contributed by atoms with van der Waals surface area (Å²) in [6, 6.07) is 16.5. The van der Waals surface area contributed by atoms with Crippen LogP contribution in [-0.2, 0) is 11.3 Å². The molecule has 0 spiro atoms. The van der Waals surface area contributed by atoms with Crippen LogP contribution in [0.3, 0.4) is 0 Å². The summed E-state index contributed by atoms with van der Waals surface area (Å²) >= 11 is 0. The predicted octanol–water partition coefficient (Wildman–Crippen LogP) is 3.26. The van der Waals surface area contributed by atoms with Crippen LogP contribution in [0.5, 0.6) is 0 Å². The first-order valence-corrected chi connectivity index (χ1v) is 9.47. The normalized spacial score (nSPS) is 14.9. The van der Waals surface area contributed by atoms with Crippen LogP contribution >= 0.6 is 0 Å². The maximum absolute atomic E-state index is 12.9. The average Bonchev–Trinajstić information content (AvgIpc) is 3.00. The van der Waals surface area contributed by atoms with Gasteiger partial charge in [-0.15, -0.1) is 0 Å². The smallest absolute Gasteiger partial charge is 0.324 e. The van der Waals surface area contributed by atoms with Gasteiger partial charge in [-0.1, -0.05) is 56.3 Å². The molecule has 0 bridgehead atoms. The van der Waals surface area contributed by atoms with Crippen molar-refractivity contribution in [3.05, 3.63) is 71.3 Å². The predicted molar refractivity (Wildman–Crippen MR) is 106 cm³/mol. The molecule has 28 heavy (non-hydrogen) atoms. The summed E-state index contributed by atoms with van der Waals surface area (Å²) in [5.74, 6) is -0.00832. The number of benzene rings is 2. The number of hydrogen-bond acceptors (Lipinski definition) is 3. The first-order chi connectivity index (χ1) is 13.4. The maximum atomic E-state index is 12.9.